The molecule has 2 heterocycles. The molecule has 1 N–H and O–H groups in total. The Morgan fingerprint density at radius 2 is 2.38 bits per heavy atom. The number of nitrogens with one attached hydrogen (secondary N) is 1. The van der Waals surface area contributed by atoms with Crippen LogP contribution < -0.4 is 5.32 Å². The summed E-state index contributed by atoms with van der Waals surface area (Å²) in [6.45, 7) is 2.73. The van der Waals surface area contributed by atoms with Crippen molar-refractivity contribution in [1.82, 2.24) is 10.3 Å². The van der Waals surface area contributed by atoms with Crippen LogP contribution in [-0.4, -0.2) is 30.9 Å². The van der Waals surface area contributed by atoms with Gasteiger partial charge in [-0.05, 0) is 30.5 Å². The van der Waals surface area contributed by atoms with Gasteiger partial charge in [-0.3, -0.25) is 4.98 Å². The number of nitrogens with zero attached hydrogens (tertiary/aromatic N) is 1. The van der Waals surface area contributed by atoms with Crippen molar-refractivity contribution in [2.75, 3.05) is 11.5 Å². The number of hydrogen-bond donors (Lipinski definition) is 1. The monoisotopic (exact) mass is 240 g/mol. The van der Waals surface area contributed by atoms with Crippen LogP contribution in [0, 0.1) is 6.92 Å². The predicted molar refractivity (Wildman–Crippen MR) is 62.9 cm³/mol. The van der Waals surface area contributed by atoms with Gasteiger partial charge in [0.05, 0.1) is 11.5 Å². The molecule has 2 rings (SSSR count). The highest BCUT2D eigenvalue weighted by atomic mass is 32.2. The lowest BCUT2D eigenvalue weighted by Gasteiger charge is -2.11. The SMILES string of the molecule is Cc1cnccc1CNC1CCS(=O)(=O)C1. The predicted octanol–water partition coefficient (Wildman–Crippen LogP) is 0.667. The minimum absolute atomic E-state index is 0.109. The molecule has 4 nitrogen and oxygen atoms in total. The zero-order chi connectivity index (χ0) is 11.6. The van der Waals surface area contributed by atoms with Crippen molar-refractivity contribution in [3.05, 3.63) is 29.6 Å². The largest absolute Gasteiger partial charge is 0.309 e. The van der Waals surface area contributed by atoms with Crippen LogP contribution >= 0.6 is 0 Å². The normalized spacial score (nSPS) is 23.4. The van der Waals surface area contributed by atoms with E-state index in [1.807, 2.05) is 19.2 Å². The first kappa shape index (κ1) is 11.5. The molecule has 1 atom stereocenters. The molecule has 1 unspecified atom stereocenters. The molecule has 1 aromatic rings. The van der Waals surface area contributed by atoms with Crippen LogP contribution in [0.25, 0.3) is 0 Å². The number of pyridine rings is 1. The maximum atomic E-state index is 11.3. The van der Waals surface area contributed by atoms with Gasteiger partial charge >= 0.3 is 0 Å². The van der Waals surface area contributed by atoms with Crippen molar-refractivity contribution in [3.63, 3.8) is 0 Å². The Hall–Kier alpha value is -0.940. The average molecular weight is 240 g/mol. The smallest absolute Gasteiger partial charge is 0.151 e. The topological polar surface area (TPSA) is 59.1 Å². The zero-order valence-corrected chi connectivity index (χ0v) is 10.1. The van der Waals surface area contributed by atoms with Crippen molar-refractivity contribution >= 4 is 9.84 Å². The molecule has 0 aliphatic carbocycles. The van der Waals surface area contributed by atoms with Crippen molar-refractivity contribution in [3.8, 4) is 0 Å². The summed E-state index contributed by atoms with van der Waals surface area (Å²) in [5.41, 5.74) is 2.31. The minimum Gasteiger partial charge on any atom is -0.309 e. The number of aromatic nitrogens is 1. The standard InChI is InChI=1S/C11H16N2O2S/c1-9-6-12-4-2-10(9)7-13-11-3-5-16(14,15)8-11/h2,4,6,11,13H,3,5,7-8H2,1H3. The Morgan fingerprint density at radius 1 is 1.56 bits per heavy atom. The Labute approximate surface area is 96.0 Å². The molecule has 0 amide bonds. The second-order valence-corrected chi connectivity index (χ2v) is 6.51. The Kier molecular flexibility index (Phi) is 3.25. The van der Waals surface area contributed by atoms with E-state index in [0.29, 0.717) is 12.3 Å². The summed E-state index contributed by atoms with van der Waals surface area (Å²) in [5.74, 6) is 0.594. The first-order valence-corrected chi connectivity index (χ1v) is 7.22. The molecule has 88 valence electrons. The van der Waals surface area contributed by atoms with Gasteiger partial charge in [-0.15, -0.1) is 0 Å². The van der Waals surface area contributed by atoms with Gasteiger partial charge in [0.25, 0.3) is 0 Å². The first-order valence-electron chi connectivity index (χ1n) is 5.40. The van der Waals surface area contributed by atoms with Crippen LogP contribution in [0.2, 0.25) is 0 Å². The van der Waals surface area contributed by atoms with Gasteiger partial charge in [0.1, 0.15) is 0 Å². The second-order valence-electron chi connectivity index (χ2n) is 4.28. The summed E-state index contributed by atoms with van der Waals surface area (Å²) in [7, 11) is -2.78. The van der Waals surface area contributed by atoms with Crippen LogP contribution in [0.15, 0.2) is 18.5 Å². The van der Waals surface area contributed by atoms with E-state index in [-0.39, 0.29) is 11.8 Å². The van der Waals surface area contributed by atoms with Gasteiger partial charge in [0.2, 0.25) is 0 Å². The van der Waals surface area contributed by atoms with E-state index in [1.165, 1.54) is 5.56 Å². The first-order chi connectivity index (χ1) is 7.57. The molecule has 1 aliphatic heterocycles. The molecule has 5 heteroatoms. The number of aryl methyl sites for hydroxylation is 1. The van der Waals surface area contributed by atoms with E-state index in [1.54, 1.807) is 6.20 Å². The number of hydrogen-bond acceptors (Lipinski definition) is 4. The summed E-state index contributed by atoms with van der Waals surface area (Å²) in [4.78, 5) is 4.02. The van der Waals surface area contributed by atoms with Crippen LogP contribution in [0.3, 0.4) is 0 Å². The lowest BCUT2D eigenvalue weighted by atomic mass is 10.1. The summed E-state index contributed by atoms with van der Waals surface area (Å²) < 4.78 is 22.5. The third kappa shape index (κ3) is 2.80. The Balaban J connectivity index is 1.92. The molecule has 0 bridgehead atoms. The van der Waals surface area contributed by atoms with E-state index < -0.39 is 9.84 Å². The van der Waals surface area contributed by atoms with Gasteiger partial charge in [-0.2, -0.15) is 0 Å². The van der Waals surface area contributed by atoms with Crippen LogP contribution in [0.1, 0.15) is 17.5 Å². The second kappa shape index (κ2) is 4.51. The minimum atomic E-state index is -2.78. The van der Waals surface area contributed by atoms with Crippen LogP contribution in [0.4, 0.5) is 0 Å². The molecule has 0 saturated carbocycles. The average Bonchev–Trinajstić information content (AvgIpc) is 2.57. The Bertz CT molecular complexity index is 471. The lowest BCUT2D eigenvalue weighted by molar-refractivity contribution is 0.553. The summed E-state index contributed by atoms with van der Waals surface area (Å²) in [5, 5.41) is 3.29. The molecule has 1 fully saturated rings. The van der Waals surface area contributed by atoms with Gasteiger partial charge in [-0.1, -0.05) is 0 Å². The zero-order valence-electron chi connectivity index (χ0n) is 9.31. The fraction of sp³-hybridized carbons (Fsp3) is 0.545. The summed E-state index contributed by atoms with van der Waals surface area (Å²) >= 11 is 0. The van der Waals surface area contributed by atoms with E-state index in [9.17, 15) is 8.42 Å². The fourth-order valence-electron chi connectivity index (χ4n) is 1.91. The molecule has 1 aromatic heterocycles. The van der Waals surface area contributed by atoms with Crippen molar-refractivity contribution in [1.29, 1.82) is 0 Å². The highest BCUT2D eigenvalue weighted by molar-refractivity contribution is 7.91. The van der Waals surface area contributed by atoms with Gasteiger partial charge in [0.15, 0.2) is 9.84 Å². The van der Waals surface area contributed by atoms with Gasteiger partial charge < -0.3 is 5.32 Å². The van der Waals surface area contributed by atoms with E-state index >= 15 is 0 Å². The third-order valence-electron chi connectivity index (χ3n) is 2.95. The highest BCUT2D eigenvalue weighted by Gasteiger charge is 2.27. The molecule has 0 aromatic carbocycles. The van der Waals surface area contributed by atoms with E-state index in [0.717, 1.165) is 12.0 Å². The quantitative estimate of drug-likeness (QED) is 0.843. The van der Waals surface area contributed by atoms with Crippen molar-refractivity contribution in [2.24, 2.45) is 0 Å². The van der Waals surface area contributed by atoms with Crippen LogP contribution in [-0.2, 0) is 16.4 Å². The van der Waals surface area contributed by atoms with E-state index in [4.69, 9.17) is 0 Å². The van der Waals surface area contributed by atoms with Crippen molar-refractivity contribution < 1.29 is 8.42 Å². The maximum Gasteiger partial charge on any atom is 0.151 e. The molecule has 1 saturated heterocycles. The molecule has 16 heavy (non-hydrogen) atoms. The summed E-state index contributed by atoms with van der Waals surface area (Å²) in [6, 6.07) is 2.07. The fourth-order valence-corrected chi connectivity index (χ4v) is 3.62. The van der Waals surface area contributed by atoms with Gasteiger partial charge in [0, 0.05) is 25.0 Å². The molecule has 0 spiro atoms. The summed E-state index contributed by atoms with van der Waals surface area (Å²) in [6.07, 6.45) is 4.31. The highest BCUT2D eigenvalue weighted by Crippen LogP contribution is 2.12. The third-order valence-corrected chi connectivity index (χ3v) is 4.72. The van der Waals surface area contributed by atoms with Crippen molar-refractivity contribution in [2.45, 2.75) is 25.9 Å². The number of rotatable bonds is 3. The molecular weight excluding hydrogens is 224 g/mol. The molecule has 0 radical (unpaired) electrons. The van der Waals surface area contributed by atoms with Crippen LogP contribution in [0.5, 0.6) is 0 Å². The molecular formula is C11H16N2O2S. The van der Waals surface area contributed by atoms with Gasteiger partial charge in [-0.25, -0.2) is 8.42 Å². The molecule has 1 aliphatic rings. The maximum absolute atomic E-state index is 11.3. The lowest BCUT2D eigenvalue weighted by Crippen LogP contribution is -2.29. The number of sulfone groups is 1. The Morgan fingerprint density at radius 3 is 3.00 bits per heavy atom. The van der Waals surface area contributed by atoms with E-state index in [2.05, 4.69) is 10.3 Å².